The van der Waals surface area contributed by atoms with Crippen LogP contribution in [0.15, 0.2) is 29.2 Å². The van der Waals surface area contributed by atoms with Crippen LogP contribution in [0.1, 0.15) is 19.3 Å². The molecule has 9 heteroatoms. The molecule has 0 spiro atoms. The summed E-state index contributed by atoms with van der Waals surface area (Å²) in [5, 5.41) is 5.43. The van der Waals surface area contributed by atoms with Crippen molar-refractivity contribution < 1.29 is 22.7 Å². The van der Waals surface area contributed by atoms with Crippen LogP contribution in [0.3, 0.4) is 0 Å². The molecule has 0 atom stereocenters. The molecule has 1 saturated heterocycles. The van der Waals surface area contributed by atoms with E-state index in [-0.39, 0.29) is 10.9 Å². The molecule has 1 aromatic carbocycles. The Labute approximate surface area is 160 Å². The van der Waals surface area contributed by atoms with Crippen molar-refractivity contribution in [3.63, 3.8) is 0 Å². The van der Waals surface area contributed by atoms with Crippen molar-refractivity contribution in [1.29, 1.82) is 0 Å². The van der Waals surface area contributed by atoms with E-state index in [4.69, 9.17) is 9.47 Å². The van der Waals surface area contributed by atoms with E-state index < -0.39 is 10.0 Å². The zero-order valence-corrected chi connectivity index (χ0v) is 16.2. The summed E-state index contributed by atoms with van der Waals surface area (Å²) in [6.07, 6.45) is 3.27. The monoisotopic (exact) mass is 397 g/mol. The number of rotatable bonds is 9. The number of sulfonamides is 1. The Morgan fingerprint density at radius 3 is 2.78 bits per heavy atom. The lowest BCUT2D eigenvalue weighted by molar-refractivity contribution is 0.0730. The Kier molecular flexibility index (Phi) is 7.06. The topological polar surface area (TPSA) is 97.0 Å². The molecule has 1 aromatic rings. The highest BCUT2D eigenvalue weighted by Gasteiger charge is 2.26. The first-order valence-corrected chi connectivity index (χ1v) is 10.8. The summed E-state index contributed by atoms with van der Waals surface area (Å²) in [6.45, 7) is 3.41. The molecule has 0 bridgehead atoms. The van der Waals surface area contributed by atoms with Crippen LogP contribution in [0.5, 0.6) is 0 Å². The van der Waals surface area contributed by atoms with Gasteiger partial charge < -0.3 is 20.1 Å². The molecule has 27 heavy (non-hydrogen) atoms. The highest BCUT2D eigenvalue weighted by molar-refractivity contribution is 7.89. The first-order valence-electron chi connectivity index (χ1n) is 9.36. The Morgan fingerprint density at radius 1 is 1.26 bits per heavy atom. The van der Waals surface area contributed by atoms with E-state index >= 15 is 0 Å². The van der Waals surface area contributed by atoms with Crippen LogP contribution in [0.4, 0.5) is 10.5 Å². The van der Waals surface area contributed by atoms with Gasteiger partial charge in [-0.3, -0.25) is 0 Å². The fourth-order valence-electron chi connectivity index (χ4n) is 2.76. The maximum absolute atomic E-state index is 12.7. The molecule has 3 rings (SSSR count). The number of nitrogens with one attached hydrogen (secondary N) is 2. The second-order valence-electron chi connectivity index (χ2n) is 6.80. The molecule has 2 aliphatic rings. The fourth-order valence-corrected chi connectivity index (χ4v) is 4.21. The number of benzene rings is 1. The van der Waals surface area contributed by atoms with E-state index in [1.807, 2.05) is 0 Å². The highest BCUT2D eigenvalue weighted by atomic mass is 32.2. The fraction of sp³-hybridized carbons (Fsp3) is 0.611. The molecule has 0 unspecified atom stereocenters. The second-order valence-corrected chi connectivity index (χ2v) is 8.73. The Balaban J connectivity index is 1.45. The highest BCUT2D eigenvalue weighted by Crippen LogP contribution is 2.28. The Hall–Kier alpha value is -1.68. The van der Waals surface area contributed by atoms with Crippen LogP contribution < -0.4 is 10.6 Å². The zero-order valence-electron chi connectivity index (χ0n) is 15.4. The third-order valence-corrected chi connectivity index (χ3v) is 6.40. The SMILES string of the molecule is O=C(NCCCOCC1CC1)Nc1cccc(S(=O)(=O)N2CCOCC2)c1. The summed E-state index contributed by atoms with van der Waals surface area (Å²) in [5.74, 6) is 0.738. The molecule has 150 valence electrons. The summed E-state index contributed by atoms with van der Waals surface area (Å²) in [6, 6.07) is 5.93. The van der Waals surface area contributed by atoms with Gasteiger partial charge in [0, 0.05) is 38.5 Å². The van der Waals surface area contributed by atoms with E-state index in [2.05, 4.69) is 10.6 Å². The normalized spacial score (nSPS) is 18.2. The molecule has 8 nitrogen and oxygen atoms in total. The molecule has 1 aliphatic carbocycles. The third-order valence-electron chi connectivity index (χ3n) is 4.50. The van der Waals surface area contributed by atoms with Gasteiger partial charge in [-0.05, 0) is 43.4 Å². The minimum absolute atomic E-state index is 0.163. The van der Waals surface area contributed by atoms with Crippen molar-refractivity contribution in [2.45, 2.75) is 24.2 Å². The third kappa shape index (κ3) is 6.17. The van der Waals surface area contributed by atoms with Gasteiger partial charge in [-0.15, -0.1) is 0 Å². The average Bonchev–Trinajstić information content (AvgIpc) is 3.50. The summed E-state index contributed by atoms with van der Waals surface area (Å²) >= 11 is 0. The van der Waals surface area contributed by atoms with Gasteiger partial charge in [0.2, 0.25) is 10.0 Å². The summed E-state index contributed by atoms with van der Waals surface area (Å²) in [4.78, 5) is 12.1. The molecule has 1 heterocycles. The first kappa shape index (κ1) is 20.1. The summed E-state index contributed by atoms with van der Waals surface area (Å²) in [5.41, 5.74) is 0.437. The van der Waals surface area contributed by atoms with Crippen molar-refractivity contribution in [2.75, 3.05) is 51.4 Å². The van der Waals surface area contributed by atoms with Crippen LogP contribution in [0.2, 0.25) is 0 Å². The number of urea groups is 1. The largest absolute Gasteiger partial charge is 0.381 e. The maximum Gasteiger partial charge on any atom is 0.319 e. The standard InChI is InChI=1S/C18H27N3O5S/c22-18(19-7-2-10-26-14-15-5-6-15)20-16-3-1-4-17(13-16)27(23,24)21-8-11-25-12-9-21/h1,3-4,13,15H,2,5-12,14H2,(H2,19,20,22). The van der Waals surface area contributed by atoms with E-state index in [1.54, 1.807) is 12.1 Å². The lowest BCUT2D eigenvalue weighted by Crippen LogP contribution is -2.40. The molecular formula is C18H27N3O5S. The molecular weight excluding hydrogens is 370 g/mol. The molecule has 2 amide bonds. The first-order chi connectivity index (χ1) is 13.1. The van der Waals surface area contributed by atoms with E-state index in [0.717, 1.165) is 18.9 Å². The van der Waals surface area contributed by atoms with Gasteiger partial charge in [0.15, 0.2) is 0 Å². The van der Waals surface area contributed by atoms with Gasteiger partial charge in [0.05, 0.1) is 18.1 Å². The lowest BCUT2D eigenvalue weighted by Gasteiger charge is -2.26. The average molecular weight is 397 g/mol. The van der Waals surface area contributed by atoms with Crippen molar-refractivity contribution in [3.05, 3.63) is 24.3 Å². The number of morpholine rings is 1. The van der Waals surface area contributed by atoms with E-state index in [9.17, 15) is 13.2 Å². The minimum atomic E-state index is -3.58. The van der Waals surface area contributed by atoms with Crippen LogP contribution in [0, 0.1) is 5.92 Å². The molecule has 2 fully saturated rings. The zero-order chi connectivity index (χ0) is 19.1. The van der Waals surface area contributed by atoms with Crippen molar-refractivity contribution in [2.24, 2.45) is 5.92 Å². The van der Waals surface area contributed by atoms with Crippen LogP contribution in [-0.4, -0.2) is 64.8 Å². The number of anilines is 1. The Bertz CT molecular complexity index is 730. The van der Waals surface area contributed by atoms with E-state index in [1.165, 1.54) is 29.3 Å². The van der Waals surface area contributed by atoms with Gasteiger partial charge in [-0.25, -0.2) is 13.2 Å². The van der Waals surface area contributed by atoms with E-state index in [0.29, 0.717) is 45.1 Å². The predicted molar refractivity (Wildman–Crippen MR) is 101 cm³/mol. The van der Waals surface area contributed by atoms with Crippen molar-refractivity contribution in [1.82, 2.24) is 9.62 Å². The quantitative estimate of drug-likeness (QED) is 0.618. The van der Waals surface area contributed by atoms with Gasteiger partial charge in [-0.2, -0.15) is 4.31 Å². The molecule has 0 radical (unpaired) electrons. The van der Waals surface area contributed by atoms with Gasteiger partial charge in [0.25, 0.3) is 0 Å². The number of carbonyl (C=O) groups excluding carboxylic acids is 1. The molecule has 1 saturated carbocycles. The number of hydrogen-bond donors (Lipinski definition) is 2. The van der Waals surface area contributed by atoms with Crippen molar-refractivity contribution >= 4 is 21.7 Å². The maximum atomic E-state index is 12.7. The molecule has 0 aromatic heterocycles. The van der Waals surface area contributed by atoms with Crippen LogP contribution >= 0.6 is 0 Å². The number of amides is 2. The number of carbonyl (C=O) groups is 1. The molecule has 2 N–H and O–H groups in total. The second kappa shape index (κ2) is 9.50. The predicted octanol–water partition coefficient (Wildman–Crippen LogP) is 1.65. The van der Waals surface area contributed by atoms with Crippen LogP contribution in [-0.2, 0) is 19.5 Å². The minimum Gasteiger partial charge on any atom is -0.381 e. The smallest absolute Gasteiger partial charge is 0.319 e. The van der Waals surface area contributed by atoms with Gasteiger partial charge >= 0.3 is 6.03 Å². The van der Waals surface area contributed by atoms with Gasteiger partial charge in [-0.1, -0.05) is 6.07 Å². The van der Waals surface area contributed by atoms with Crippen LogP contribution in [0.25, 0.3) is 0 Å². The summed E-state index contributed by atoms with van der Waals surface area (Å²) < 4.78 is 37.5. The van der Waals surface area contributed by atoms with Gasteiger partial charge in [0.1, 0.15) is 0 Å². The summed E-state index contributed by atoms with van der Waals surface area (Å²) in [7, 11) is -3.58. The molecule has 1 aliphatic heterocycles. The lowest BCUT2D eigenvalue weighted by atomic mass is 10.3. The Morgan fingerprint density at radius 2 is 2.04 bits per heavy atom. The number of ether oxygens (including phenoxy) is 2. The number of nitrogens with zero attached hydrogens (tertiary/aromatic N) is 1. The van der Waals surface area contributed by atoms with Crippen molar-refractivity contribution in [3.8, 4) is 0 Å². The number of hydrogen-bond acceptors (Lipinski definition) is 5.